The molecule has 0 saturated heterocycles. The Balaban J connectivity index is 2.56. The van der Waals surface area contributed by atoms with Crippen LogP contribution in [0.3, 0.4) is 0 Å². The molecule has 2 heterocycles. The summed E-state index contributed by atoms with van der Waals surface area (Å²) in [5.74, 6) is -2.38. The van der Waals surface area contributed by atoms with Crippen molar-refractivity contribution in [3.8, 4) is 0 Å². The van der Waals surface area contributed by atoms with Crippen molar-refractivity contribution >= 4 is 24.3 Å². The van der Waals surface area contributed by atoms with Crippen LogP contribution in [0.1, 0.15) is 0 Å². The van der Waals surface area contributed by atoms with E-state index in [2.05, 4.69) is 20.0 Å². The van der Waals surface area contributed by atoms with Gasteiger partial charge in [-0.05, 0) is 0 Å². The summed E-state index contributed by atoms with van der Waals surface area (Å²) in [5, 5.41) is 0. The molecule has 2 rings (SSSR count). The summed E-state index contributed by atoms with van der Waals surface area (Å²) in [4.78, 5) is 14.0. The molecule has 0 aromatic rings. The van der Waals surface area contributed by atoms with Crippen LogP contribution in [0.15, 0.2) is 20.0 Å². The largest absolute Gasteiger partial charge is 0.382 e. The molecule has 0 aromatic heterocycles. The monoisotopic (exact) mass is 153 g/mol. The highest BCUT2D eigenvalue weighted by Crippen LogP contribution is 2.22. The summed E-state index contributed by atoms with van der Waals surface area (Å²) in [6, 6.07) is 0. The number of fused-ring (bicyclic) bond motifs is 1. The molecule has 1 unspecified atom stereocenters. The predicted octanol–water partition coefficient (Wildman–Crippen LogP) is -0.508. The molecule has 0 saturated carbocycles. The molecule has 2 aliphatic heterocycles. The van der Waals surface area contributed by atoms with E-state index in [-0.39, 0.29) is 11.7 Å². The molecule has 2 aliphatic rings. The molecule has 0 aromatic carbocycles. The van der Waals surface area contributed by atoms with Gasteiger partial charge in [0.2, 0.25) is 0 Å². The van der Waals surface area contributed by atoms with Crippen molar-refractivity contribution in [2.24, 2.45) is 25.7 Å². The van der Waals surface area contributed by atoms with Crippen LogP contribution >= 0.6 is 0 Å². The fraction of sp³-hybridized carbons (Fsp3) is 0.200. The normalized spacial score (nSPS) is 33.2. The standard InChI is InChI=1S/C5H4FN5/c6-5-3(7)8-1-9-4(5)10-2-11-5/h1-2H,(H2,7,8,9,10,11). The van der Waals surface area contributed by atoms with E-state index in [4.69, 9.17) is 5.73 Å². The molecule has 2 N–H and O–H groups in total. The molecule has 0 bridgehead atoms. The van der Waals surface area contributed by atoms with Crippen LogP contribution in [0, 0.1) is 0 Å². The van der Waals surface area contributed by atoms with E-state index in [1.165, 1.54) is 0 Å². The molecule has 0 spiro atoms. The molecule has 5 nitrogen and oxygen atoms in total. The maximum atomic E-state index is 13.5. The van der Waals surface area contributed by atoms with Gasteiger partial charge in [-0.2, -0.15) is 4.39 Å². The van der Waals surface area contributed by atoms with Gasteiger partial charge in [-0.15, -0.1) is 0 Å². The van der Waals surface area contributed by atoms with Crippen LogP contribution in [0.25, 0.3) is 0 Å². The maximum Gasteiger partial charge on any atom is 0.318 e. The van der Waals surface area contributed by atoms with Crippen LogP contribution in [0.5, 0.6) is 0 Å². The number of halogens is 1. The van der Waals surface area contributed by atoms with Gasteiger partial charge in [-0.25, -0.2) is 20.0 Å². The molecule has 1 atom stereocenters. The fourth-order valence-electron chi connectivity index (χ4n) is 0.837. The van der Waals surface area contributed by atoms with Crippen LogP contribution in [-0.4, -0.2) is 30.1 Å². The SMILES string of the molecule is NC1=NC=NC2=NC=NC12F. The molecule has 11 heavy (non-hydrogen) atoms. The summed E-state index contributed by atoms with van der Waals surface area (Å²) >= 11 is 0. The highest BCUT2D eigenvalue weighted by Gasteiger charge is 2.44. The number of aliphatic imine (C=N–C) groups is 4. The third-order valence-corrected chi connectivity index (χ3v) is 1.43. The quantitative estimate of drug-likeness (QED) is 0.467. The number of hydrogen-bond donors (Lipinski definition) is 1. The average Bonchev–Trinajstić information content (AvgIpc) is 2.34. The van der Waals surface area contributed by atoms with Crippen molar-refractivity contribution in [1.29, 1.82) is 0 Å². The van der Waals surface area contributed by atoms with Crippen molar-refractivity contribution in [3.63, 3.8) is 0 Å². The molecule has 0 amide bonds. The first-order valence-corrected chi connectivity index (χ1v) is 2.90. The number of nitrogens with zero attached hydrogens (tertiary/aromatic N) is 4. The average molecular weight is 153 g/mol. The van der Waals surface area contributed by atoms with Gasteiger partial charge < -0.3 is 5.73 Å². The Morgan fingerprint density at radius 1 is 1.36 bits per heavy atom. The van der Waals surface area contributed by atoms with Gasteiger partial charge in [-0.3, -0.25) is 0 Å². The first kappa shape index (κ1) is 6.14. The zero-order valence-corrected chi connectivity index (χ0v) is 5.40. The van der Waals surface area contributed by atoms with Crippen LogP contribution in [0.4, 0.5) is 4.39 Å². The van der Waals surface area contributed by atoms with Gasteiger partial charge in [0.1, 0.15) is 12.7 Å². The number of amidine groups is 2. The van der Waals surface area contributed by atoms with E-state index >= 15 is 0 Å². The predicted molar refractivity (Wildman–Crippen MR) is 39.9 cm³/mol. The van der Waals surface area contributed by atoms with Gasteiger partial charge in [-0.1, -0.05) is 0 Å². The second kappa shape index (κ2) is 1.71. The molecule has 0 fully saturated rings. The summed E-state index contributed by atoms with van der Waals surface area (Å²) in [5.41, 5.74) is 5.24. The van der Waals surface area contributed by atoms with E-state index in [0.29, 0.717) is 0 Å². The summed E-state index contributed by atoms with van der Waals surface area (Å²) in [6.45, 7) is 0. The minimum atomic E-state index is -2.10. The van der Waals surface area contributed by atoms with Crippen LogP contribution < -0.4 is 5.73 Å². The van der Waals surface area contributed by atoms with E-state index in [1.54, 1.807) is 0 Å². The summed E-state index contributed by atoms with van der Waals surface area (Å²) in [7, 11) is 0. The van der Waals surface area contributed by atoms with Gasteiger partial charge in [0, 0.05) is 0 Å². The van der Waals surface area contributed by atoms with E-state index in [0.717, 1.165) is 12.7 Å². The molecule has 0 radical (unpaired) electrons. The second-order valence-corrected chi connectivity index (χ2v) is 2.08. The van der Waals surface area contributed by atoms with Crippen molar-refractivity contribution in [1.82, 2.24) is 0 Å². The highest BCUT2D eigenvalue weighted by molar-refractivity contribution is 6.22. The first-order chi connectivity index (χ1) is 5.23. The number of alkyl halides is 1. The Kier molecular flexibility index (Phi) is 0.957. The third-order valence-electron chi connectivity index (χ3n) is 1.43. The third kappa shape index (κ3) is 0.631. The van der Waals surface area contributed by atoms with Crippen LogP contribution in [0.2, 0.25) is 0 Å². The number of rotatable bonds is 0. The molecular weight excluding hydrogens is 149 g/mol. The number of nitrogens with two attached hydrogens (primary N) is 1. The smallest absolute Gasteiger partial charge is 0.318 e. The van der Waals surface area contributed by atoms with Gasteiger partial charge in [0.15, 0.2) is 11.7 Å². The second-order valence-electron chi connectivity index (χ2n) is 2.08. The van der Waals surface area contributed by atoms with Gasteiger partial charge >= 0.3 is 5.79 Å². The summed E-state index contributed by atoms with van der Waals surface area (Å²) < 4.78 is 13.5. The maximum absolute atomic E-state index is 13.5. The minimum Gasteiger partial charge on any atom is -0.382 e. The van der Waals surface area contributed by atoms with Crippen molar-refractivity contribution in [2.75, 3.05) is 0 Å². The zero-order valence-electron chi connectivity index (χ0n) is 5.40. The van der Waals surface area contributed by atoms with E-state index in [9.17, 15) is 4.39 Å². The lowest BCUT2D eigenvalue weighted by atomic mass is 10.2. The summed E-state index contributed by atoms with van der Waals surface area (Å²) in [6.07, 6.45) is 2.24. The van der Waals surface area contributed by atoms with Gasteiger partial charge in [0.05, 0.1) is 0 Å². The van der Waals surface area contributed by atoms with Gasteiger partial charge in [0.25, 0.3) is 0 Å². The lowest BCUT2D eigenvalue weighted by molar-refractivity contribution is 0.365. The molecule has 6 heteroatoms. The van der Waals surface area contributed by atoms with Crippen molar-refractivity contribution < 1.29 is 4.39 Å². The Hall–Kier alpha value is -1.59. The zero-order chi connectivity index (χ0) is 7.90. The topological polar surface area (TPSA) is 75.5 Å². The Morgan fingerprint density at radius 3 is 2.91 bits per heavy atom. The Morgan fingerprint density at radius 2 is 2.18 bits per heavy atom. The minimum absolute atomic E-state index is 0.0509. The molecule has 56 valence electrons. The lowest BCUT2D eigenvalue weighted by Gasteiger charge is -2.16. The Bertz CT molecular complexity index is 315. The fourth-order valence-corrected chi connectivity index (χ4v) is 0.837. The molecule has 0 aliphatic carbocycles. The highest BCUT2D eigenvalue weighted by atomic mass is 19.1. The Labute approximate surface area is 61.3 Å². The van der Waals surface area contributed by atoms with E-state index < -0.39 is 5.79 Å². The number of hydrogen-bond acceptors (Lipinski definition) is 5. The van der Waals surface area contributed by atoms with Crippen molar-refractivity contribution in [2.45, 2.75) is 5.79 Å². The van der Waals surface area contributed by atoms with E-state index in [1.807, 2.05) is 0 Å². The molecular formula is C5H4FN5. The van der Waals surface area contributed by atoms with Crippen molar-refractivity contribution in [3.05, 3.63) is 0 Å². The lowest BCUT2D eigenvalue weighted by Crippen LogP contribution is -2.44. The first-order valence-electron chi connectivity index (χ1n) is 2.90. The van der Waals surface area contributed by atoms with Crippen LogP contribution in [-0.2, 0) is 0 Å².